The zero-order chi connectivity index (χ0) is 23.3. The number of methoxy groups -OCH3 is 1. The molecule has 0 aliphatic rings. The van der Waals surface area contributed by atoms with Gasteiger partial charge in [-0.25, -0.2) is 10.2 Å². The number of hydrazone groups is 1. The summed E-state index contributed by atoms with van der Waals surface area (Å²) in [5, 5.41) is 14.7. The number of non-ortho nitro benzene ring substituents is 1. The Hall–Kier alpha value is -4.27. The first-order chi connectivity index (χ1) is 15.3. The summed E-state index contributed by atoms with van der Waals surface area (Å²) in [6.45, 7) is 3.88. The van der Waals surface area contributed by atoms with Crippen molar-refractivity contribution in [3.8, 4) is 5.69 Å². The number of hydrogen-bond acceptors (Lipinski definition) is 6. The summed E-state index contributed by atoms with van der Waals surface area (Å²) in [5.74, 6) is -0.725. The fourth-order valence-electron chi connectivity index (χ4n) is 3.31. The van der Waals surface area contributed by atoms with Crippen LogP contribution in [0.1, 0.15) is 32.9 Å². The van der Waals surface area contributed by atoms with Crippen LogP contribution in [0.15, 0.2) is 59.7 Å². The number of nitrogens with zero attached hydrogens (tertiary/aromatic N) is 3. The lowest BCUT2D eigenvalue weighted by molar-refractivity contribution is -0.384. The minimum atomic E-state index is -0.488. The molecule has 0 radical (unpaired) electrons. The van der Waals surface area contributed by atoms with E-state index in [1.807, 2.05) is 36.6 Å². The van der Waals surface area contributed by atoms with Gasteiger partial charge >= 0.3 is 5.97 Å². The molecule has 32 heavy (non-hydrogen) atoms. The largest absolute Gasteiger partial charge is 0.465 e. The van der Waals surface area contributed by atoms with Crippen LogP contribution in [0.25, 0.3) is 5.69 Å². The van der Waals surface area contributed by atoms with E-state index in [0.29, 0.717) is 11.1 Å². The average molecular weight is 434 g/mol. The summed E-state index contributed by atoms with van der Waals surface area (Å²) in [4.78, 5) is 33.9. The maximum atomic E-state index is 12.1. The van der Waals surface area contributed by atoms with Gasteiger partial charge in [0.1, 0.15) is 0 Å². The molecule has 0 bridgehead atoms. The molecule has 9 heteroatoms. The highest BCUT2D eigenvalue weighted by Gasteiger charge is 2.11. The van der Waals surface area contributed by atoms with Crippen LogP contribution >= 0.6 is 0 Å². The molecule has 0 saturated heterocycles. The second-order valence-corrected chi connectivity index (χ2v) is 7.09. The number of aryl methyl sites for hydroxylation is 1. The first kappa shape index (κ1) is 22.4. The number of carbonyl (C=O) groups excluding carboxylic acids is 2. The van der Waals surface area contributed by atoms with Gasteiger partial charge in [-0.3, -0.25) is 14.9 Å². The molecule has 0 atom stereocenters. The Morgan fingerprint density at radius 1 is 1.12 bits per heavy atom. The molecule has 1 N–H and O–H groups in total. The fourth-order valence-corrected chi connectivity index (χ4v) is 3.31. The molecule has 0 unspecified atom stereocenters. The number of nitro benzene ring substituents is 1. The summed E-state index contributed by atoms with van der Waals surface area (Å²) in [6.07, 6.45) is 1.62. The molecule has 0 saturated carbocycles. The molecule has 0 spiro atoms. The van der Waals surface area contributed by atoms with E-state index in [2.05, 4.69) is 10.5 Å². The number of amides is 1. The van der Waals surface area contributed by atoms with E-state index in [1.54, 1.807) is 30.5 Å². The van der Waals surface area contributed by atoms with Gasteiger partial charge < -0.3 is 9.30 Å². The summed E-state index contributed by atoms with van der Waals surface area (Å²) >= 11 is 0. The lowest BCUT2D eigenvalue weighted by Crippen LogP contribution is -2.19. The zero-order valence-corrected chi connectivity index (χ0v) is 17.9. The molecule has 2 aromatic carbocycles. The summed E-state index contributed by atoms with van der Waals surface area (Å²) < 4.78 is 6.74. The third kappa shape index (κ3) is 5.07. The minimum Gasteiger partial charge on any atom is -0.465 e. The SMILES string of the molecule is COC(=O)c1ccc(-n2c(C)cc(/C=N\NC(=O)Cc3ccc([N+](=O)[O-])cc3)c2C)cc1. The van der Waals surface area contributed by atoms with Crippen LogP contribution in [0.5, 0.6) is 0 Å². The standard InChI is InChI=1S/C23H22N4O5/c1-15-12-19(16(2)26(15)20-10-6-18(7-11-20)23(29)32-3)14-24-25-22(28)13-17-4-8-21(9-5-17)27(30)31/h4-12,14H,13H2,1-3H3,(H,25,28)/b24-14-. The van der Waals surface area contributed by atoms with Gasteiger partial charge in [0.25, 0.3) is 5.69 Å². The van der Waals surface area contributed by atoms with E-state index in [-0.39, 0.29) is 18.0 Å². The van der Waals surface area contributed by atoms with E-state index in [4.69, 9.17) is 4.74 Å². The Labute approximate surface area is 184 Å². The predicted molar refractivity (Wildman–Crippen MR) is 119 cm³/mol. The molecule has 0 aliphatic carbocycles. The van der Waals surface area contributed by atoms with Gasteiger partial charge in [0.05, 0.1) is 30.2 Å². The van der Waals surface area contributed by atoms with E-state index in [0.717, 1.165) is 22.6 Å². The molecule has 9 nitrogen and oxygen atoms in total. The third-order valence-electron chi connectivity index (χ3n) is 4.92. The van der Waals surface area contributed by atoms with Crippen molar-refractivity contribution in [3.05, 3.63) is 92.8 Å². The lowest BCUT2D eigenvalue weighted by atomic mass is 10.1. The Kier molecular flexibility index (Phi) is 6.79. The summed E-state index contributed by atoms with van der Waals surface area (Å²) in [6, 6.07) is 14.8. The Morgan fingerprint density at radius 3 is 2.38 bits per heavy atom. The topological polar surface area (TPSA) is 116 Å². The second-order valence-electron chi connectivity index (χ2n) is 7.09. The van der Waals surface area contributed by atoms with Crippen molar-refractivity contribution in [1.29, 1.82) is 0 Å². The van der Waals surface area contributed by atoms with Crippen molar-refractivity contribution in [2.75, 3.05) is 7.11 Å². The zero-order valence-electron chi connectivity index (χ0n) is 17.9. The number of carbonyl (C=O) groups is 2. The lowest BCUT2D eigenvalue weighted by Gasteiger charge is -2.10. The Morgan fingerprint density at radius 2 is 1.78 bits per heavy atom. The quantitative estimate of drug-likeness (QED) is 0.264. The van der Waals surface area contributed by atoms with Gasteiger partial charge in [0.15, 0.2) is 0 Å². The fraction of sp³-hybridized carbons (Fsp3) is 0.174. The molecular weight excluding hydrogens is 412 g/mol. The maximum Gasteiger partial charge on any atom is 0.337 e. The van der Waals surface area contributed by atoms with Crippen LogP contribution in [0.3, 0.4) is 0 Å². The highest BCUT2D eigenvalue weighted by molar-refractivity contribution is 5.89. The van der Waals surface area contributed by atoms with Crippen LogP contribution < -0.4 is 5.43 Å². The first-order valence-electron chi connectivity index (χ1n) is 9.73. The van der Waals surface area contributed by atoms with Crippen LogP contribution in [0, 0.1) is 24.0 Å². The summed E-state index contributed by atoms with van der Waals surface area (Å²) in [7, 11) is 1.34. The average Bonchev–Trinajstić information content (AvgIpc) is 3.06. The van der Waals surface area contributed by atoms with Crippen LogP contribution in [0.4, 0.5) is 5.69 Å². The van der Waals surface area contributed by atoms with Gasteiger partial charge in [-0.05, 0) is 49.7 Å². The van der Waals surface area contributed by atoms with E-state index >= 15 is 0 Å². The predicted octanol–water partition coefficient (Wildman–Crippen LogP) is 3.48. The Balaban J connectivity index is 1.67. The van der Waals surface area contributed by atoms with Gasteiger partial charge in [0, 0.05) is 34.8 Å². The molecule has 1 heterocycles. The molecule has 1 amide bonds. The first-order valence-corrected chi connectivity index (χ1v) is 9.73. The second kappa shape index (κ2) is 9.69. The van der Waals surface area contributed by atoms with Crippen LogP contribution in [-0.2, 0) is 16.0 Å². The molecule has 0 aliphatic heterocycles. The number of esters is 1. The number of hydrogen-bond donors (Lipinski definition) is 1. The monoisotopic (exact) mass is 434 g/mol. The van der Waals surface area contributed by atoms with Crippen molar-refractivity contribution in [2.45, 2.75) is 20.3 Å². The van der Waals surface area contributed by atoms with E-state index in [1.165, 1.54) is 19.2 Å². The van der Waals surface area contributed by atoms with E-state index < -0.39 is 10.9 Å². The molecule has 164 valence electrons. The highest BCUT2D eigenvalue weighted by atomic mass is 16.6. The third-order valence-corrected chi connectivity index (χ3v) is 4.92. The normalized spacial score (nSPS) is 10.8. The van der Waals surface area contributed by atoms with Gasteiger partial charge in [-0.1, -0.05) is 12.1 Å². The number of ether oxygens (including phenoxy) is 1. The number of nitrogens with one attached hydrogen (secondary N) is 1. The van der Waals surface area contributed by atoms with Crippen molar-refractivity contribution in [2.24, 2.45) is 5.10 Å². The number of aromatic nitrogens is 1. The smallest absolute Gasteiger partial charge is 0.337 e. The highest BCUT2D eigenvalue weighted by Crippen LogP contribution is 2.20. The van der Waals surface area contributed by atoms with E-state index in [9.17, 15) is 19.7 Å². The van der Waals surface area contributed by atoms with Crippen molar-refractivity contribution in [3.63, 3.8) is 0 Å². The van der Waals surface area contributed by atoms with Crippen LogP contribution in [-0.4, -0.2) is 34.7 Å². The summed E-state index contributed by atoms with van der Waals surface area (Å²) in [5.41, 5.74) is 7.16. The molecule has 1 aromatic heterocycles. The maximum absolute atomic E-state index is 12.1. The number of rotatable bonds is 7. The minimum absolute atomic E-state index is 0.0255. The van der Waals surface area contributed by atoms with Crippen molar-refractivity contribution >= 4 is 23.8 Å². The number of nitro groups is 1. The molecular formula is C23H22N4O5. The van der Waals surface area contributed by atoms with Crippen LogP contribution in [0.2, 0.25) is 0 Å². The van der Waals surface area contributed by atoms with Gasteiger partial charge in [-0.15, -0.1) is 0 Å². The number of benzene rings is 2. The molecule has 3 aromatic rings. The Bertz CT molecular complexity index is 1180. The van der Waals surface area contributed by atoms with Gasteiger partial charge in [0.2, 0.25) is 5.91 Å². The van der Waals surface area contributed by atoms with Crippen molar-refractivity contribution in [1.82, 2.24) is 9.99 Å². The van der Waals surface area contributed by atoms with Gasteiger partial charge in [-0.2, -0.15) is 5.10 Å². The molecule has 0 fully saturated rings. The van der Waals surface area contributed by atoms with Crippen molar-refractivity contribution < 1.29 is 19.2 Å². The molecule has 3 rings (SSSR count).